The van der Waals surface area contributed by atoms with E-state index in [9.17, 15) is 13.2 Å². The lowest BCUT2D eigenvalue weighted by Crippen LogP contribution is -2.31. The summed E-state index contributed by atoms with van der Waals surface area (Å²) in [4.78, 5) is 12.3. The van der Waals surface area contributed by atoms with Gasteiger partial charge in [-0.3, -0.25) is 4.79 Å². The zero-order valence-corrected chi connectivity index (χ0v) is 14.5. The molecule has 0 aliphatic carbocycles. The van der Waals surface area contributed by atoms with E-state index in [1.54, 1.807) is 19.1 Å². The molecule has 0 aliphatic heterocycles. The molecule has 0 saturated heterocycles. The first kappa shape index (κ1) is 17.3. The Hall–Kier alpha value is -2.05. The number of benzene rings is 2. The highest BCUT2D eigenvalue weighted by atomic mass is 35.5. The molecule has 0 bridgehead atoms. The summed E-state index contributed by atoms with van der Waals surface area (Å²) in [5, 5.41) is 0.305. The summed E-state index contributed by atoms with van der Waals surface area (Å²) in [7, 11) is -2.60. The number of hydrogen-bond acceptors (Lipinski definition) is 4. The Kier molecular flexibility index (Phi) is 4.97. The first-order valence-electron chi connectivity index (χ1n) is 6.72. The fraction of sp³-hybridized carbons (Fsp3) is 0.188. The number of aryl methyl sites for hydroxylation is 2. The van der Waals surface area contributed by atoms with Crippen molar-refractivity contribution in [2.45, 2.75) is 18.7 Å². The summed E-state index contributed by atoms with van der Waals surface area (Å²) in [6, 6.07) is 9.06. The van der Waals surface area contributed by atoms with E-state index in [1.165, 1.54) is 31.4 Å². The lowest BCUT2D eigenvalue weighted by atomic mass is 10.1. The molecule has 0 fully saturated rings. The number of ether oxygens (including phenoxy) is 1. The summed E-state index contributed by atoms with van der Waals surface area (Å²) in [6.45, 7) is 3.68. The summed E-state index contributed by atoms with van der Waals surface area (Å²) in [6.07, 6.45) is 0. The molecule has 2 aromatic carbocycles. The zero-order valence-electron chi connectivity index (χ0n) is 12.9. The molecule has 2 rings (SSSR count). The number of hydrogen-bond donors (Lipinski definition) is 1. The van der Waals surface area contributed by atoms with Crippen LogP contribution in [0.3, 0.4) is 0 Å². The van der Waals surface area contributed by atoms with Gasteiger partial charge < -0.3 is 4.74 Å². The Labute approximate surface area is 140 Å². The van der Waals surface area contributed by atoms with Gasteiger partial charge in [-0.25, -0.2) is 13.1 Å². The number of methoxy groups -OCH3 is 1. The molecule has 0 atom stereocenters. The second kappa shape index (κ2) is 6.60. The topological polar surface area (TPSA) is 72.5 Å². The maximum atomic E-state index is 12.4. The van der Waals surface area contributed by atoms with Crippen molar-refractivity contribution in [3.05, 3.63) is 58.1 Å². The average Bonchev–Trinajstić information content (AvgIpc) is 2.49. The first-order valence-corrected chi connectivity index (χ1v) is 8.58. The van der Waals surface area contributed by atoms with Crippen LogP contribution < -0.4 is 9.46 Å². The van der Waals surface area contributed by atoms with E-state index in [0.29, 0.717) is 5.02 Å². The number of carbonyl (C=O) groups is 1. The molecular weight excluding hydrogens is 338 g/mol. The van der Waals surface area contributed by atoms with Crippen LogP contribution in [0.2, 0.25) is 5.02 Å². The van der Waals surface area contributed by atoms with Crippen LogP contribution in [0.5, 0.6) is 5.75 Å². The van der Waals surface area contributed by atoms with Crippen LogP contribution in [0.1, 0.15) is 21.5 Å². The van der Waals surface area contributed by atoms with Gasteiger partial charge in [-0.15, -0.1) is 0 Å². The summed E-state index contributed by atoms with van der Waals surface area (Å²) in [5.41, 5.74) is 1.83. The van der Waals surface area contributed by atoms with Gasteiger partial charge in [-0.1, -0.05) is 17.7 Å². The molecule has 0 aromatic heterocycles. The maximum absolute atomic E-state index is 12.4. The van der Waals surface area contributed by atoms with Crippen molar-refractivity contribution in [1.82, 2.24) is 4.72 Å². The van der Waals surface area contributed by atoms with E-state index in [2.05, 4.69) is 0 Å². The monoisotopic (exact) mass is 353 g/mol. The third-order valence-electron chi connectivity index (χ3n) is 3.42. The van der Waals surface area contributed by atoms with Crippen LogP contribution in [0.15, 0.2) is 41.3 Å². The minimum atomic E-state index is -3.98. The van der Waals surface area contributed by atoms with Crippen molar-refractivity contribution in [2.75, 3.05) is 7.11 Å². The fourth-order valence-electron chi connectivity index (χ4n) is 1.97. The lowest BCUT2D eigenvalue weighted by Gasteiger charge is -2.11. The van der Waals surface area contributed by atoms with Crippen molar-refractivity contribution in [1.29, 1.82) is 0 Å². The molecule has 0 heterocycles. The molecule has 23 heavy (non-hydrogen) atoms. The molecule has 122 valence electrons. The van der Waals surface area contributed by atoms with E-state index in [0.717, 1.165) is 11.1 Å². The van der Waals surface area contributed by atoms with Gasteiger partial charge in [0.2, 0.25) is 0 Å². The Bertz CT molecular complexity index is 862. The Morgan fingerprint density at radius 3 is 2.39 bits per heavy atom. The van der Waals surface area contributed by atoms with Gasteiger partial charge in [0, 0.05) is 5.02 Å². The molecule has 0 unspecified atom stereocenters. The highest BCUT2D eigenvalue weighted by Crippen LogP contribution is 2.23. The molecule has 0 aliphatic rings. The average molecular weight is 354 g/mol. The lowest BCUT2D eigenvalue weighted by molar-refractivity contribution is 0.0978. The van der Waals surface area contributed by atoms with Crippen LogP contribution in [-0.4, -0.2) is 21.4 Å². The fourth-order valence-corrected chi connectivity index (χ4v) is 3.20. The normalized spacial score (nSPS) is 11.1. The van der Waals surface area contributed by atoms with Gasteiger partial charge in [0.15, 0.2) is 0 Å². The van der Waals surface area contributed by atoms with Crippen LogP contribution in [0.4, 0.5) is 0 Å². The molecule has 1 amide bonds. The van der Waals surface area contributed by atoms with Crippen molar-refractivity contribution in [3.8, 4) is 5.75 Å². The van der Waals surface area contributed by atoms with Gasteiger partial charge in [0.05, 0.1) is 17.6 Å². The first-order chi connectivity index (χ1) is 10.7. The number of carbonyl (C=O) groups excluding carboxylic acids is 1. The Balaban J connectivity index is 2.35. The molecule has 1 N–H and O–H groups in total. The van der Waals surface area contributed by atoms with Gasteiger partial charge in [0.25, 0.3) is 15.9 Å². The molecule has 0 saturated carbocycles. The van der Waals surface area contributed by atoms with E-state index >= 15 is 0 Å². The van der Waals surface area contributed by atoms with Crippen LogP contribution in [0, 0.1) is 13.8 Å². The predicted octanol–water partition coefficient (Wildman–Crippen LogP) is 3.08. The molecular formula is C16H16ClNO4S. The predicted molar refractivity (Wildman–Crippen MR) is 88.6 cm³/mol. The zero-order chi connectivity index (χ0) is 17.2. The highest BCUT2D eigenvalue weighted by molar-refractivity contribution is 7.90. The number of sulfonamides is 1. The molecule has 2 aromatic rings. The van der Waals surface area contributed by atoms with E-state index in [1.807, 2.05) is 11.6 Å². The number of amides is 1. The smallest absolute Gasteiger partial charge is 0.268 e. The maximum Gasteiger partial charge on any atom is 0.268 e. The van der Waals surface area contributed by atoms with Crippen molar-refractivity contribution in [3.63, 3.8) is 0 Å². The van der Waals surface area contributed by atoms with E-state index in [4.69, 9.17) is 16.3 Å². The highest BCUT2D eigenvalue weighted by Gasteiger charge is 2.21. The standard InChI is InChI=1S/C16H16ClNO4S/c1-10-4-6-13(8-11(10)2)23(20,21)18-16(19)14-9-12(17)5-7-15(14)22-3/h4-9H,1-3H3,(H,18,19). The second-order valence-corrected chi connectivity index (χ2v) is 7.14. The van der Waals surface area contributed by atoms with Crippen molar-refractivity contribution in [2.24, 2.45) is 0 Å². The Morgan fingerprint density at radius 2 is 1.78 bits per heavy atom. The summed E-state index contributed by atoms with van der Waals surface area (Å²) >= 11 is 5.86. The van der Waals surface area contributed by atoms with Crippen molar-refractivity contribution < 1.29 is 17.9 Å². The minimum Gasteiger partial charge on any atom is -0.496 e. The molecule has 0 radical (unpaired) electrons. The van der Waals surface area contributed by atoms with Crippen LogP contribution in [-0.2, 0) is 10.0 Å². The number of rotatable bonds is 4. The second-order valence-electron chi connectivity index (χ2n) is 5.03. The summed E-state index contributed by atoms with van der Waals surface area (Å²) in [5.74, 6) is -0.565. The molecule has 7 heteroatoms. The third-order valence-corrected chi connectivity index (χ3v) is 4.99. The number of nitrogens with one attached hydrogen (secondary N) is 1. The van der Waals surface area contributed by atoms with Gasteiger partial charge >= 0.3 is 0 Å². The minimum absolute atomic E-state index is 0.0231. The number of halogens is 1. The van der Waals surface area contributed by atoms with Crippen LogP contribution in [0.25, 0.3) is 0 Å². The third kappa shape index (κ3) is 3.83. The van der Waals surface area contributed by atoms with E-state index in [-0.39, 0.29) is 16.2 Å². The van der Waals surface area contributed by atoms with Gasteiger partial charge in [0.1, 0.15) is 5.75 Å². The SMILES string of the molecule is COc1ccc(Cl)cc1C(=O)NS(=O)(=O)c1ccc(C)c(C)c1. The van der Waals surface area contributed by atoms with Crippen molar-refractivity contribution >= 4 is 27.5 Å². The van der Waals surface area contributed by atoms with Crippen LogP contribution >= 0.6 is 11.6 Å². The largest absolute Gasteiger partial charge is 0.496 e. The van der Waals surface area contributed by atoms with E-state index < -0.39 is 15.9 Å². The Morgan fingerprint density at radius 1 is 1.09 bits per heavy atom. The van der Waals surface area contributed by atoms with Gasteiger partial charge in [-0.2, -0.15) is 0 Å². The van der Waals surface area contributed by atoms with Gasteiger partial charge in [-0.05, 0) is 55.3 Å². The molecule has 5 nitrogen and oxygen atoms in total. The molecule has 0 spiro atoms. The summed E-state index contributed by atoms with van der Waals surface area (Å²) < 4.78 is 31.8. The quantitative estimate of drug-likeness (QED) is 0.916.